The zero-order valence-electron chi connectivity index (χ0n) is 11.9. The lowest BCUT2D eigenvalue weighted by Gasteiger charge is -2.15. The minimum absolute atomic E-state index is 0.0492. The molecule has 21 heavy (non-hydrogen) atoms. The smallest absolute Gasteiger partial charge is 0.226 e. The molecule has 1 N–H and O–H groups in total. The summed E-state index contributed by atoms with van der Waals surface area (Å²) in [5, 5.41) is 6.39. The number of benzene rings is 1. The van der Waals surface area contributed by atoms with Crippen molar-refractivity contribution in [1.82, 2.24) is 10.3 Å². The molecule has 1 amide bonds. The Morgan fingerprint density at radius 2 is 2.14 bits per heavy atom. The van der Waals surface area contributed by atoms with Crippen LogP contribution in [-0.2, 0) is 11.2 Å². The Morgan fingerprint density at radius 1 is 1.43 bits per heavy atom. The maximum Gasteiger partial charge on any atom is 0.226 e. The summed E-state index contributed by atoms with van der Waals surface area (Å²) in [6.07, 6.45) is 0.185. The predicted molar refractivity (Wildman–Crippen MR) is 85.1 cm³/mol. The molecule has 0 saturated carbocycles. The Hall–Kier alpha value is -1.59. The van der Waals surface area contributed by atoms with E-state index in [-0.39, 0.29) is 12.0 Å². The largest absolute Gasteiger partial charge is 0.489 e. The van der Waals surface area contributed by atoms with E-state index >= 15 is 0 Å². The van der Waals surface area contributed by atoms with E-state index in [0.29, 0.717) is 18.0 Å². The van der Waals surface area contributed by atoms with Crippen LogP contribution in [0, 0.1) is 6.92 Å². The number of aromatic nitrogens is 1. The Morgan fingerprint density at radius 3 is 2.76 bits per heavy atom. The molecule has 2 rings (SSSR count). The van der Waals surface area contributed by atoms with E-state index in [0.717, 1.165) is 16.5 Å². The van der Waals surface area contributed by atoms with E-state index in [1.807, 2.05) is 19.2 Å². The van der Waals surface area contributed by atoms with E-state index in [1.165, 1.54) is 0 Å². The second kappa shape index (κ2) is 7.43. The van der Waals surface area contributed by atoms with Crippen LogP contribution in [0.15, 0.2) is 29.6 Å². The van der Waals surface area contributed by atoms with Gasteiger partial charge in [0.2, 0.25) is 5.91 Å². The third-order valence-corrected chi connectivity index (χ3v) is 3.82. The molecule has 0 fully saturated rings. The van der Waals surface area contributed by atoms with Gasteiger partial charge in [-0.2, -0.15) is 0 Å². The number of hydrogen-bond donors (Lipinski definition) is 1. The van der Waals surface area contributed by atoms with E-state index in [9.17, 15) is 4.79 Å². The molecule has 1 aromatic carbocycles. The molecule has 1 aromatic heterocycles. The topological polar surface area (TPSA) is 51.2 Å². The predicted octanol–water partition coefficient (Wildman–Crippen LogP) is 3.23. The Kier molecular flexibility index (Phi) is 5.59. The van der Waals surface area contributed by atoms with Crippen molar-refractivity contribution < 1.29 is 9.53 Å². The Balaban J connectivity index is 1.74. The van der Waals surface area contributed by atoms with Crippen LogP contribution in [0.2, 0.25) is 5.02 Å². The van der Waals surface area contributed by atoms with Gasteiger partial charge in [0.15, 0.2) is 0 Å². The molecule has 1 atom stereocenters. The maximum atomic E-state index is 11.8. The summed E-state index contributed by atoms with van der Waals surface area (Å²) in [6.45, 7) is 4.28. The number of hydrogen-bond acceptors (Lipinski definition) is 4. The Labute approximate surface area is 133 Å². The summed E-state index contributed by atoms with van der Waals surface area (Å²) in [5.74, 6) is 0.683. The monoisotopic (exact) mass is 324 g/mol. The van der Waals surface area contributed by atoms with E-state index in [1.54, 1.807) is 35.6 Å². The molecule has 0 bridgehead atoms. The van der Waals surface area contributed by atoms with Crippen molar-refractivity contribution in [2.45, 2.75) is 26.4 Å². The first-order valence-electron chi connectivity index (χ1n) is 6.63. The molecule has 1 heterocycles. The van der Waals surface area contributed by atoms with Gasteiger partial charge in [0.05, 0.1) is 23.7 Å². The average molecular weight is 325 g/mol. The van der Waals surface area contributed by atoms with E-state index < -0.39 is 0 Å². The number of carbonyl (C=O) groups excluding carboxylic acids is 1. The number of nitrogens with one attached hydrogen (secondary N) is 1. The quantitative estimate of drug-likeness (QED) is 0.887. The van der Waals surface area contributed by atoms with Gasteiger partial charge in [-0.15, -0.1) is 11.3 Å². The lowest BCUT2D eigenvalue weighted by atomic mass is 10.3. The molecule has 0 radical (unpaired) electrons. The fraction of sp³-hybridized carbons (Fsp3) is 0.333. The minimum atomic E-state index is -0.118. The number of aryl methyl sites for hydroxylation is 1. The van der Waals surface area contributed by atoms with Gasteiger partial charge in [-0.25, -0.2) is 4.98 Å². The minimum Gasteiger partial charge on any atom is -0.489 e. The van der Waals surface area contributed by atoms with Gasteiger partial charge in [-0.3, -0.25) is 4.79 Å². The summed E-state index contributed by atoms with van der Waals surface area (Å²) >= 11 is 7.36. The number of thiazole rings is 1. The first-order chi connectivity index (χ1) is 10.0. The molecule has 2 aromatic rings. The number of halogens is 1. The number of ether oxygens (including phenoxy) is 1. The van der Waals surface area contributed by atoms with Crippen molar-refractivity contribution in [3.63, 3.8) is 0 Å². The van der Waals surface area contributed by atoms with Crippen LogP contribution in [-0.4, -0.2) is 23.5 Å². The fourth-order valence-corrected chi connectivity index (χ4v) is 2.50. The highest BCUT2D eigenvalue weighted by Crippen LogP contribution is 2.16. The zero-order chi connectivity index (χ0) is 15.2. The van der Waals surface area contributed by atoms with Crippen LogP contribution < -0.4 is 10.1 Å². The third-order valence-electron chi connectivity index (χ3n) is 2.75. The average Bonchev–Trinajstić information content (AvgIpc) is 2.84. The second-order valence-corrected chi connectivity index (χ2v) is 6.22. The number of amides is 1. The van der Waals surface area contributed by atoms with Crippen molar-refractivity contribution in [1.29, 1.82) is 0 Å². The molecule has 0 spiro atoms. The lowest BCUT2D eigenvalue weighted by molar-refractivity contribution is -0.120. The summed E-state index contributed by atoms with van der Waals surface area (Å²) in [7, 11) is 0. The van der Waals surface area contributed by atoms with Crippen LogP contribution in [0.1, 0.15) is 17.6 Å². The summed E-state index contributed by atoms with van der Waals surface area (Å²) < 4.78 is 5.69. The zero-order valence-corrected chi connectivity index (χ0v) is 13.5. The van der Waals surface area contributed by atoms with Gasteiger partial charge in [-0.05, 0) is 38.1 Å². The van der Waals surface area contributed by atoms with Crippen molar-refractivity contribution in [2.24, 2.45) is 0 Å². The highest BCUT2D eigenvalue weighted by molar-refractivity contribution is 7.09. The lowest BCUT2D eigenvalue weighted by Crippen LogP contribution is -2.34. The number of rotatable bonds is 6. The summed E-state index contributed by atoms with van der Waals surface area (Å²) in [4.78, 5) is 16.1. The van der Waals surface area contributed by atoms with Gasteiger partial charge >= 0.3 is 0 Å². The van der Waals surface area contributed by atoms with E-state index in [2.05, 4.69) is 10.3 Å². The van der Waals surface area contributed by atoms with Gasteiger partial charge in [-0.1, -0.05) is 11.6 Å². The molecular weight excluding hydrogens is 308 g/mol. The SMILES string of the molecule is Cc1nc(CC(=O)NC[C@H](C)Oc2ccc(Cl)cc2)cs1. The fourth-order valence-electron chi connectivity index (χ4n) is 1.76. The van der Waals surface area contributed by atoms with Crippen molar-refractivity contribution >= 4 is 28.8 Å². The molecule has 0 saturated heterocycles. The normalized spacial score (nSPS) is 12.0. The number of nitrogens with zero attached hydrogens (tertiary/aromatic N) is 1. The molecule has 0 aliphatic rings. The Bertz CT molecular complexity index is 598. The molecule has 0 aliphatic carbocycles. The van der Waals surface area contributed by atoms with Crippen molar-refractivity contribution in [3.8, 4) is 5.75 Å². The molecule has 112 valence electrons. The molecule has 4 nitrogen and oxygen atoms in total. The summed E-state index contributed by atoms with van der Waals surface area (Å²) in [5.41, 5.74) is 0.807. The highest BCUT2D eigenvalue weighted by Gasteiger charge is 2.09. The van der Waals surface area contributed by atoms with Gasteiger partial charge in [0.25, 0.3) is 0 Å². The van der Waals surface area contributed by atoms with E-state index in [4.69, 9.17) is 16.3 Å². The van der Waals surface area contributed by atoms with Crippen LogP contribution in [0.3, 0.4) is 0 Å². The third kappa shape index (κ3) is 5.36. The first kappa shape index (κ1) is 15.8. The first-order valence-corrected chi connectivity index (χ1v) is 7.88. The molecule has 0 unspecified atom stereocenters. The summed E-state index contributed by atoms with van der Waals surface area (Å²) in [6, 6.07) is 7.15. The van der Waals surface area contributed by atoms with Crippen LogP contribution in [0.5, 0.6) is 5.75 Å². The van der Waals surface area contributed by atoms with Crippen LogP contribution in [0.4, 0.5) is 0 Å². The van der Waals surface area contributed by atoms with Crippen molar-refractivity contribution in [2.75, 3.05) is 6.54 Å². The molecule has 0 aliphatic heterocycles. The van der Waals surface area contributed by atoms with Gasteiger partial charge in [0, 0.05) is 10.4 Å². The van der Waals surface area contributed by atoms with Crippen LogP contribution in [0.25, 0.3) is 0 Å². The standard InChI is InChI=1S/C15H17ClN2O2S/c1-10(20-14-5-3-12(16)4-6-14)8-17-15(19)7-13-9-21-11(2)18-13/h3-6,9-10H,7-8H2,1-2H3,(H,17,19)/t10-/m0/s1. The highest BCUT2D eigenvalue weighted by atomic mass is 35.5. The van der Waals surface area contributed by atoms with Gasteiger partial charge < -0.3 is 10.1 Å². The van der Waals surface area contributed by atoms with Crippen molar-refractivity contribution in [3.05, 3.63) is 45.4 Å². The van der Waals surface area contributed by atoms with Crippen LogP contribution >= 0.6 is 22.9 Å². The second-order valence-electron chi connectivity index (χ2n) is 4.72. The molecular formula is C15H17ClN2O2S. The maximum absolute atomic E-state index is 11.8. The number of carbonyl (C=O) groups is 1. The van der Waals surface area contributed by atoms with Gasteiger partial charge in [0.1, 0.15) is 11.9 Å². The molecule has 6 heteroatoms.